The molecule has 4 aliphatic rings. The van der Waals surface area contributed by atoms with Crippen LogP contribution in [0.3, 0.4) is 0 Å². The lowest BCUT2D eigenvalue weighted by atomic mass is 9.45. The van der Waals surface area contributed by atoms with Crippen molar-refractivity contribution in [3.63, 3.8) is 0 Å². The van der Waals surface area contributed by atoms with Gasteiger partial charge in [0.2, 0.25) is 0 Å². The van der Waals surface area contributed by atoms with Crippen molar-refractivity contribution in [2.45, 2.75) is 112 Å². The van der Waals surface area contributed by atoms with Crippen LogP contribution < -0.4 is 0 Å². The lowest BCUT2D eigenvalue weighted by Gasteiger charge is -2.60. The molecule has 29 heavy (non-hydrogen) atoms. The van der Waals surface area contributed by atoms with Gasteiger partial charge in [-0.2, -0.15) is 0 Å². The number of fused-ring (bicyclic) bond motifs is 5. The molecule has 0 heterocycles. The van der Waals surface area contributed by atoms with Crippen LogP contribution in [0.25, 0.3) is 0 Å². The highest BCUT2D eigenvalue weighted by atomic mass is 14.6. The number of allylic oxidation sites excluding steroid dienone is 2. The van der Waals surface area contributed by atoms with E-state index in [0.29, 0.717) is 10.8 Å². The number of rotatable bonds is 6. The summed E-state index contributed by atoms with van der Waals surface area (Å²) in [6.45, 7) is 15.3. The Kier molecular flexibility index (Phi) is 6.32. The average molecular weight is 399 g/mol. The Morgan fingerprint density at radius 1 is 0.862 bits per heavy atom. The van der Waals surface area contributed by atoms with Crippen LogP contribution in [0.1, 0.15) is 112 Å². The Morgan fingerprint density at radius 2 is 1.62 bits per heavy atom. The van der Waals surface area contributed by atoms with Gasteiger partial charge in [-0.05, 0) is 116 Å². The molecule has 0 aromatic carbocycles. The fraction of sp³-hybridized carbons (Fsp3) is 0.931. The van der Waals surface area contributed by atoms with Gasteiger partial charge in [-0.25, -0.2) is 0 Å². The maximum absolute atomic E-state index is 2.75. The van der Waals surface area contributed by atoms with Crippen LogP contribution in [0.2, 0.25) is 0 Å². The molecule has 9 atom stereocenters. The van der Waals surface area contributed by atoms with Gasteiger partial charge >= 0.3 is 0 Å². The minimum absolute atomic E-state index is 0.619. The zero-order chi connectivity index (χ0) is 20.8. The van der Waals surface area contributed by atoms with Crippen LogP contribution in [-0.4, -0.2) is 0 Å². The van der Waals surface area contributed by atoms with E-state index >= 15 is 0 Å². The molecule has 4 rings (SSSR count). The van der Waals surface area contributed by atoms with Crippen molar-refractivity contribution in [2.75, 3.05) is 0 Å². The van der Waals surface area contributed by atoms with Crippen LogP contribution >= 0.6 is 0 Å². The van der Waals surface area contributed by atoms with Gasteiger partial charge in [-0.15, -0.1) is 0 Å². The Labute approximate surface area is 182 Å². The fourth-order valence-electron chi connectivity index (χ4n) is 9.49. The highest BCUT2D eigenvalue weighted by Crippen LogP contribution is 2.67. The maximum Gasteiger partial charge on any atom is -0.0177 e. The normalized spacial score (nSPS) is 46.1. The summed E-state index contributed by atoms with van der Waals surface area (Å²) in [4.78, 5) is 0. The molecule has 0 nitrogen and oxygen atoms in total. The van der Waals surface area contributed by atoms with Gasteiger partial charge in [0.05, 0.1) is 0 Å². The molecule has 0 aliphatic heterocycles. The third-order valence-corrected chi connectivity index (χ3v) is 11.4. The maximum atomic E-state index is 2.75. The van der Waals surface area contributed by atoms with Gasteiger partial charge < -0.3 is 0 Å². The first kappa shape index (κ1) is 22.0. The molecule has 0 saturated heterocycles. The molecule has 4 aliphatic carbocycles. The zero-order valence-corrected chi connectivity index (χ0v) is 20.6. The van der Waals surface area contributed by atoms with Crippen LogP contribution in [0, 0.1) is 58.2 Å². The van der Waals surface area contributed by atoms with Crippen LogP contribution in [0.15, 0.2) is 12.2 Å². The van der Waals surface area contributed by atoms with Crippen LogP contribution in [-0.2, 0) is 0 Å². The SMILES string of the molecule is CC[C@H](CC[C@@H](C)[C@H]1CC[C@H]2[C@@H]3CCC4C=CCC[C@]4(C)[C@H]3CC[C@]12C)C(C)C. The first-order valence-corrected chi connectivity index (χ1v) is 13.5. The molecule has 0 bridgehead atoms. The Bertz CT molecular complexity index is 587. The van der Waals surface area contributed by atoms with Crippen molar-refractivity contribution in [1.82, 2.24) is 0 Å². The van der Waals surface area contributed by atoms with E-state index in [2.05, 4.69) is 53.7 Å². The van der Waals surface area contributed by atoms with E-state index in [9.17, 15) is 0 Å². The predicted octanol–water partition coefficient (Wildman–Crippen LogP) is 8.91. The van der Waals surface area contributed by atoms with Gasteiger partial charge in [-0.1, -0.05) is 66.5 Å². The zero-order valence-electron chi connectivity index (χ0n) is 20.6. The Balaban J connectivity index is 1.46. The molecular weight excluding hydrogens is 348 g/mol. The van der Waals surface area contributed by atoms with Crippen molar-refractivity contribution in [3.05, 3.63) is 12.2 Å². The topological polar surface area (TPSA) is 0 Å². The van der Waals surface area contributed by atoms with Crippen molar-refractivity contribution in [1.29, 1.82) is 0 Å². The quantitative estimate of drug-likeness (QED) is 0.392. The highest BCUT2D eigenvalue weighted by molar-refractivity contribution is 5.13. The summed E-state index contributed by atoms with van der Waals surface area (Å²) in [6.07, 6.45) is 21.4. The summed E-state index contributed by atoms with van der Waals surface area (Å²) >= 11 is 0. The van der Waals surface area contributed by atoms with Gasteiger partial charge in [0.1, 0.15) is 0 Å². The lowest BCUT2D eigenvalue weighted by Crippen LogP contribution is -2.52. The van der Waals surface area contributed by atoms with E-state index in [0.717, 1.165) is 47.3 Å². The monoisotopic (exact) mass is 398 g/mol. The largest absolute Gasteiger partial charge is 0.0882 e. The second-order valence-electron chi connectivity index (χ2n) is 12.7. The lowest BCUT2D eigenvalue weighted by molar-refractivity contribution is -0.0956. The average Bonchev–Trinajstić information content (AvgIpc) is 3.05. The summed E-state index contributed by atoms with van der Waals surface area (Å²) in [5, 5.41) is 0. The molecule has 0 amide bonds. The van der Waals surface area contributed by atoms with E-state index in [1.807, 2.05) is 0 Å². The summed E-state index contributed by atoms with van der Waals surface area (Å²) in [5.41, 5.74) is 1.27. The first-order valence-electron chi connectivity index (χ1n) is 13.5. The standard InChI is InChI=1S/C29H50/c1-7-22(20(2)3)12-11-21(4)25-15-16-26-24-14-13-23-10-8-9-18-28(23,5)27(24)17-19-29(25,26)6/h8,10,20-27H,7,9,11-19H2,1-6H3/t21-,22-,23?,24+,25-,26+,27+,28+,29-/m1/s1. The summed E-state index contributed by atoms with van der Waals surface area (Å²) < 4.78 is 0. The summed E-state index contributed by atoms with van der Waals surface area (Å²) in [6, 6.07) is 0. The molecule has 0 spiro atoms. The summed E-state index contributed by atoms with van der Waals surface area (Å²) in [5.74, 6) is 7.70. The third kappa shape index (κ3) is 3.67. The van der Waals surface area contributed by atoms with Crippen LogP contribution in [0.4, 0.5) is 0 Å². The van der Waals surface area contributed by atoms with E-state index in [4.69, 9.17) is 0 Å². The molecular formula is C29H50. The minimum atomic E-state index is 0.619. The predicted molar refractivity (Wildman–Crippen MR) is 127 cm³/mol. The van der Waals surface area contributed by atoms with Gasteiger partial charge in [0.15, 0.2) is 0 Å². The van der Waals surface area contributed by atoms with Crippen molar-refractivity contribution < 1.29 is 0 Å². The van der Waals surface area contributed by atoms with E-state index in [1.165, 1.54) is 64.2 Å². The van der Waals surface area contributed by atoms with Gasteiger partial charge in [-0.3, -0.25) is 0 Å². The second-order valence-corrected chi connectivity index (χ2v) is 12.7. The molecule has 1 unspecified atom stereocenters. The second kappa shape index (κ2) is 8.35. The number of hydrogen-bond acceptors (Lipinski definition) is 0. The van der Waals surface area contributed by atoms with Gasteiger partial charge in [0.25, 0.3) is 0 Å². The minimum Gasteiger partial charge on any atom is -0.0882 e. The van der Waals surface area contributed by atoms with Crippen molar-refractivity contribution in [3.8, 4) is 0 Å². The third-order valence-electron chi connectivity index (χ3n) is 11.4. The molecule has 166 valence electrons. The number of hydrogen-bond donors (Lipinski definition) is 0. The molecule has 3 saturated carbocycles. The molecule has 0 heteroatoms. The summed E-state index contributed by atoms with van der Waals surface area (Å²) in [7, 11) is 0. The molecule has 0 radical (unpaired) electrons. The van der Waals surface area contributed by atoms with E-state index in [-0.39, 0.29) is 0 Å². The molecule has 0 aromatic rings. The molecule has 0 N–H and O–H groups in total. The van der Waals surface area contributed by atoms with E-state index in [1.54, 1.807) is 6.42 Å². The molecule has 3 fully saturated rings. The first-order chi connectivity index (χ1) is 13.8. The van der Waals surface area contributed by atoms with Crippen LogP contribution in [0.5, 0.6) is 0 Å². The Hall–Kier alpha value is -0.260. The molecule has 0 aromatic heterocycles. The smallest absolute Gasteiger partial charge is 0.0177 e. The van der Waals surface area contributed by atoms with E-state index < -0.39 is 0 Å². The highest BCUT2D eigenvalue weighted by Gasteiger charge is 2.59. The van der Waals surface area contributed by atoms with Gasteiger partial charge in [0, 0.05) is 0 Å². The van der Waals surface area contributed by atoms with Crippen molar-refractivity contribution in [2.24, 2.45) is 58.2 Å². The van der Waals surface area contributed by atoms with Crippen molar-refractivity contribution >= 4 is 0 Å². The Morgan fingerprint density at radius 3 is 2.34 bits per heavy atom. The fourth-order valence-corrected chi connectivity index (χ4v) is 9.49.